The molecule has 2 atom stereocenters. The molecule has 1 aromatic heterocycles. The van der Waals surface area contributed by atoms with E-state index in [9.17, 15) is 9.90 Å². The number of rotatable bonds is 3. The molecule has 1 heterocycles. The van der Waals surface area contributed by atoms with Gasteiger partial charge in [-0.05, 0) is 47.2 Å². The van der Waals surface area contributed by atoms with E-state index in [1.165, 1.54) is 19.3 Å². The van der Waals surface area contributed by atoms with Gasteiger partial charge >= 0.3 is 5.97 Å². The molecule has 2 N–H and O–H groups in total. The Bertz CT molecular complexity index is 465. The van der Waals surface area contributed by atoms with Gasteiger partial charge in [0.1, 0.15) is 11.4 Å². The molecule has 0 aromatic carbocycles. The molecule has 5 heteroatoms. The maximum Gasteiger partial charge on any atom is 0.339 e. The van der Waals surface area contributed by atoms with Gasteiger partial charge in [0.15, 0.2) is 0 Å². The van der Waals surface area contributed by atoms with E-state index in [1.54, 1.807) is 12.3 Å². The lowest BCUT2D eigenvalue weighted by Crippen LogP contribution is -2.21. The van der Waals surface area contributed by atoms with Crippen molar-refractivity contribution >= 4 is 27.7 Å². The van der Waals surface area contributed by atoms with Crippen molar-refractivity contribution in [3.05, 3.63) is 22.3 Å². The number of aromatic carboxylic acids is 1. The predicted molar refractivity (Wildman–Crippen MR) is 78.6 cm³/mol. The number of carboxylic acid groups (broad SMARTS) is 1. The van der Waals surface area contributed by atoms with Crippen LogP contribution in [-0.2, 0) is 0 Å². The smallest absolute Gasteiger partial charge is 0.339 e. The average Bonchev–Trinajstić information content (AvgIpc) is 2.56. The Morgan fingerprint density at radius 1 is 1.42 bits per heavy atom. The fourth-order valence-corrected chi connectivity index (χ4v) is 2.87. The third-order valence-corrected chi connectivity index (χ3v) is 4.12. The van der Waals surface area contributed by atoms with Crippen molar-refractivity contribution < 1.29 is 9.90 Å². The number of anilines is 1. The Kier molecular flexibility index (Phi) is 4.80. The Morgan fingerprint density at radius 2 is 2.21 bits per heavy atom. The highest BCUT2D eigenvalue weighted by Crippen LogP contribution is 2.26. The van der Waals surface area contributed by atoms with Gasteiger partial charge in [-0.15, -0.1) is 0 Å². The topological polar surface area (TPSA) is 62.2 Å². The van der Waals surface area contributed by atoms with Crippen LogP contribution in [0.25, 0.3) is 0 Å². The predicted octanol–water partition coefficient (Wildman–Crippen LogP) is 3.92. The first-order chi connectivity index (χ1) is 9.06. The fourth-order valence-electron chi connectivity index (χ4n) is 2.54. The zero-order valence-corrected chi connectivity index (χ0v) is 12.6. The van der Waals surface area contributed by atoms with Gasteiger partial charge in [0, 0.05) is 16.7 Å². The first kappa shape index (κ1) is 14.3. The first-order valence-corrected chi connectivity index (χ1v) is 7.51. The highest BCUT2D eigenvalue weighted by Gasteiger charge is 2.19. The summed E-state index contributed by atoms with van der Waals surface area (Å²) < 4.78 is 0.685. The molecule has 19 heavy (non-hydrogen) atoms. The molecule has 0 radical (unpaired) electrons. The van der Waals surface area contributed by atoms with Crippen molar-refractivity contribution in [2.24, 2.45) is 5.92 Å². The van der Waals surface area contributed by atoms with Crippen molar-refractivity contribution in [3.63, 3.8) is 0 Å². The maximum atomic E-state index is 11.2. The zero-order chi connectivity index (χ0) is 13.8. The minimum Gasteiger partial charge on any atom is -0.478 e. The summed E-state index contributed by atoms with van der Waals surface area (Å²) >= 11 is 3.26. The number of hydrogen-bond acceptors (Lipinski definition) is 3. The number of carbonyl (C=O) groups is 1. The van der Waals surface area contributed by atoms with Crippen molar-refractivity contribution in [2.75, 3.05) is 5.32 Å². The molecule has 1 saturated carbocycles. The molecule has 0 bridgehead atoms. The van der Waals surface area contributed by atoms with Gasteiger partial charge in [-0.2, -0.15) is 0 Å². The Morgan fingerprint density at radius 3 is 2.95 bits per heavy atom. The van der Waals surface area contributed by atoms with Gasteiger partial charge in [-0.3, -0.25) is 0 Å². The quantitative estimate of drug-likeness (QED) is 0.826. The van der Waals surface area contributed by atoms with Crippen LogP contribution < -0.4 is 5.32 Å². The molecule has 1 aromatic rings. The van der Waals surface area contributed by atoms with Gasteiger partial charge in [0.2, 0.25) is 0 Å². The van der Waals surface area contributed by atoms with E-state index in [4.69, 9.17) is 0 Å². The van der Waals surface area contributed by atoms with E-state index >= 15 is 0 Å². The second kappa shape index (κ2) is 6.37. The first-order valence-electron chi connectivity index (χ1n) is 6.71. The second-order valence-corrected chi connectivity index (χ2v) is 6.23. The standard InChI is InChI=1S/C14H19BrN2O2/c1-9-3-2-4-11(6-5-9)17-13-12(14(18)19)7-10(15)8-16-13/h7-9,11H,2-6H2,1H3,(H,16,17)(H,18,19). The molecule has 1 fully saturated rings. The van der Waals surface area contributed by atoms with Gasteiger partial charge in [-0.25, -0.2) is 9.78 Å². The Hall–Kier alpha value is -1.10. The third-order valence-electron chi connectivity index (χ3n) is 3.68. The number of carboxylic acids is 1. The zero-order valence-electron chi connectivity index (χ0n) is 11.0. The number of aromatic nitrogens is 1. The summed E-state index contributed by atoms with van der Waals surface area (Å²) in [5, 5.41) is 12.5. The maximum absolute atomic E-state index is 11.2. The lowest BCUT2D eigenvalue weighted by molar-refractivity contribution is 0.0697. The van der Waals surface area contributed by atoms with E-state index in [0.29, 0.717) is 16.3 Å². The van der Waals surface area contributed by atoms with Crippen molar-refractivity contribution in [2.45, 2.75) is 45.1 Å². The van der Waals surface area contributed by atoms with Crippen LogP contribution in [0, 0.1) is 5.92 Å². The molecule has 1 aliphatic rings. The highest BCUT2D eigenvalue weighted by atomic mass is 79.9. The van der Waals surface area contributed by atoms with Crippen molar-refractivity contribution in [1.29, 1.82) is 0 Å². The van der Waals surface area contributed by atoms with Gasteiger partial charge in [0.05, 0.1) is 0 Å². The van der Waals surface area contributed by atoms with Crippen LogP contribution in [0.5, 0.6) is 0 Å². The second-order valence-electron chi connectivity index (χ2n) is 5.31. The molecular weight excluding hydrogens is 308 g/mol. The van der Waals surface area contributed by atoms with Crippen LogP contribution in [0.1, 0.15) is 49.4 Å². The molecule has 2 rings (SSSR count). The molecule has 1 aliphatic carbocycles. The van der Waals surface area contributed by atoms with E-state index in [1.807, 2.05) is 0 Å². The third kappa shape index (κ3) is 3.93. The Balaban J connectivity index is 2.12. The lowest BCUT2D eigenvalue weighted by atomic mass is 10.0. The summed E-state index contributed by atoms with van der Waals surface area (Å²) in [6, 6.07) is 1.92. The molecule has 0 spiro atoms. The number of pyridine rings is 1. The van der Waals surface area contributed by atoms with Crippen molar-refractivity contribution in [3.8, 4) is 0 Å². The van der Waals surface area contributed by atoms with E-state index in [0.717, 1.165) is 18.8 Å². The summed E-state index contributed by atoms with van der Waals surface area (Å²) in [5.41, 5.74) is 0.228. The largest absolute Gasteiger partial charge is 0.478 e. The number of nitrogens with zero attached hydrogens (tertiary/aromatic N) is 1. The monoisotopic (exact) mass is 326 g/mol. The number of nitrogens with one attached hydrogen (secondary N) is 1. The summed E-state index contributed by atoms with van der Waals surface area (Å²) in [6.45, 7) is 2.28. The summed E-state index contributed by atoms with van der Waals surface area (Å²) in [5.74, 6) is 0.303. The number of halogens is 1. The van der Waals surface area contributed by atoms with Crippen LogP contribution in [0.3, 0.4) is 0 Å². The van der Waals surface area contributed by atoms with Gasteiger partial charge < -0.3 is 10.4 Å². The summed E-state index contributed by atoms with van der Waals surface area (Å²) in [6.07, 6.45) is 7.44. The molecule has 2 unspecified atom stereocenters. The summed E-state index contributed by atoms with van der Waals surface area (Å²) in [4.78, 5) is 15.4. The van der Waals surface area contributed by atoms with E-state index in [2.05, 4.69) is 33.2 Å². The van der Waals surface area contributed by atoms with Crippen LogP contribution in [0.2, 0.25) is 0 Å². The molecule has 0 amide bonds. The number of hydrogen-bond donors (Lipinski definition) is 2. The fraction of sp³-hybridized carbons (Fsp3) is 0.571. The summed E-state index contributed by atoms with van der Waals surface area (Å²) in [7, 11) is 0. The lowest BCUT2D eigenvalue weighted by Gasteiger charge is -2.18. The molecule has 0 aliphatic heterocycles. The minimum atomic E-state index is -0.946. The van der Waals surface area contributed by atoms with E-state index < -0.39 is 5.97 Å². The average molecular weight is 327 g/mol. The van der Waals surface area contributed by atoms with Crippen LogP contribution in [0.15, 0.2) is 16.7 Å². The molecule has 4 nitrogen and oxygen atoms in total. The molecular formula is C14H19BrN2O2. The van der Waals surface area contributed by atoms with Crippen LogP contribution >= 0.6 is 15.9 Å². The van der Waals surface area contributed by atoms with E-state index in [-0.39, 0.29) is 5.56 Å². The van der Waals surface area contributed by atoms with Gasteiger partial charge in [-0.1, -0.05) is 19.8 Å². The van der Waals surface area contributed by atoms with Crippen molar-refractivity contribution in [1.82, 2.24) is 4.98 Å². The van der Waals surface area contributed by atoms with Crippen LogP contribution in [0.4, 0.5) is 5.82 Å². The minimum absolute atomic E-state index is 0.228. The highest BCUT2D eigenvalue weighted by molar-refractivity contribution is 9.10. The van der Waals surface area contributed by atoms with Gasteiger partial charge in [0.25, 0.3) is 0 Å². The normalized spacial score (nSPS) is 23.7. The SMILES string of the molecule is CC1CCCC(Nc2ncc(Br)cc2C(=O)O)CC1. The Labute approximate surface area is 121 Å². The molecule has 0 saturated heterocycles. The molecule has 104 valence electrons. The van der Waals surface area contributed by atoms with Crippen LogP contribution in [-0.4, -0.2) is 22.1 Å².